The van der Waals surface area contributed by atoms with Crippen molar-refractivity contribution in [2.75, 3.05) is 112 Å². The number of hydrogen-bond acceptors (Lipinski definition) is 15. The maximum atomic E-state index is 12.3. The molecular formula is C39H66N6O13. The first-order valence-corrected chi connectivity index (χ1v) is 20.6. The lowest BCUT2D eigenvalue weighted by Crippen LogP contribution is -2.50. The van der Waals surface area contributed by atoms with Gasteiger partial charge in [0.1, 0.15) is 18.1 Å². The summed E-state index contributed by atoms with van der Waals surface area (Å²) >= 11 is 0. The number of nitrogens with one attached hydrogen (secondary N) is 3. The smallest absolute Gasteiger partial charge is 0.407 e. The second kappa shape index (κ2) is 29.6. The third kappa shape index (κ3) is 20.4. The molecule has 1 fully saturated rings. The Morgan fingerprint density at radius 1 is 0.741 bits per heavy atom. The van der Waals surface area contributed by atoms with E-state index in [2.05, 4.69) is 26.3 Å². The van der Waals surface area contributed by atoms with Crippen LogP contribution in [0.1, 0.15) is 57.8 Å². The van der Waals surface area contributed by atoms with Gasteiger partial charge in [0.25, 0.3) is 0 Å². The van der Waals surface area contributed by atoms with Crippen molar-refractivity contribution in [3.8, 4) is 0 Å². The predicted molar refractivity (Wildman–Crippen MR) is 208 cm³/mol. The fraction of sp³-hybridized carbons (Fsp3) is 0.821. The Labute approximate surface area is 341 Å². The van der Waals surface area contributed by atoms with E-state index >= 15 is 0 Å². The Hall–Kier alpha value is -3.59. The summed E-state index contributed by atoms with van der Waals surface area (Å²) in [4.78, 5) is 57.9. The standard InChI is InChI=1S/C39H66N6O13/c1-29(2)37(38(49)40-10-13-46)42-36(48)9-15-52-19-23-55-25-21-54-17-12-45-35-7-5-32-31(4-6-34(35)43-44-45)33(32)28-58-39(50)41-11-16-53-20-24-57-27-26-56-22-18-51-14-8-30(3)47/h13,29,31-33,37H,4-12,14-28H2,1-3H3,(H,40,49)(H,41,50)(H,42,48). The Balaban J connectivity index is 1.13. The van der Waals surface area contributed by atoms with E-state index in [0.717, 1.165) is 37.1 Å². The van der Waals surface area contributed by atoms with Crippen molar-refractivity contribution in [3.05, 3.63) is 11.4 Å². The predicted octanol–water partition coefficient (Wildman–Crippen LogP) is 0.687. The summed E-state index contributed by atoms with van der Waals surface area (Å²) in [6, 6.07) is -0.717. The SMILES string of the molecule is CC(=O)CCOCCOCCOCCOCCNC(=O)OCC1C2CCc3nnn(CCOCCOCCOCCC(=O)NC(C(=O)NCC=O)C(C)C)c3CCC21. The molecule has 58 heavy (non-hydrogen) atoms. The minimum Gasteiger partial charge on any atom is -0.449 e. The van der Waals surface area contributed by atoms with Crippen molar-refractivity contribution in [3.63, 3.8) is 0 Å². The summed E-state index contributed by atoms with van der Waals surface area (Å²) in [5.74, 6) is 0.686. The summed E-state index contributed by atoms with van der Waals surface area (Å²) in [5.41, 5.74) is 2.18. The number of rotatable bonds is 34. The van der Waals surface area contributed by atoms with Crippen molar-refractivity contribution in [1.82, 2.24) is 30.9 Å². The highest BCUT2D eigenvalue weighted by molar-refractivity contribution is 5.88. The van der Waals surface area contributed by atoms with Gasteiger partial charge in [0, 0.05) is 19.4 Å². The molecule has 3 N–H and O–H groups in total. The molecule has 0 aliphatic heterocycles. The number of Topliss-reactive ketones (excluding diaryl/α,β-unsaturated/α-hetero) is 1. The van der Waals surface area contributed by atoms with Crippen LogP contribution in [0, 0.1) is 23.7 Å². The minimum atomic E-state index is -0.717. The second-order valence-electron chi connectivity index (χ2n) is 14.5. The fourth-order valence-corrected chi connectivity index (χ4v) is 6.57. The molecule has 19 nitrogen and oxygen atoms in total. The molecule has 0 saturated heterocycles. The van der Waals surface area contributed by atoms with Crippen LogP contribution in [0.5, 0.6) is 0 Å². The van der Waals surface area contributed by atoms with Crippen LogP contribution in [0.25, 0.3) is 0 Å². The van der Waals surface area contributed by atoms with E-state index in [1.165, 1.54) is 6.92 Å². The number of ketones is 1. The van der Waals surface area contributed by atoms with E-state index in [1.54, 1.807) is 0 Å². The summed E-state index contributed by atoms with van der Waals surface area (Å²) in [5, 5.41) is 16.7. The molecule has 0 radical (unpaired) electrons. The molecule has 0 aromatic carbocycles. The first-order chi connectivity index (χ1) is 28.2. The lowest BCUT2D eigenvalue weighted by Gasteiger charge is -2.21. The third-order valence-corrected chi connectivity index (χ3v) is 9.78. The number of nitrogens with zero attached hydrogens (tertiary/aromatic N) is 3. The van der Waals surface area contributed by atoms with Crippen molar-refractivity contribution >= 4 is 30.0 Å². The molecular weight excluding hydrogens is 760 g/mol. The van der Waals surface area contributed by atoms with Gasteiger partial charge in [-0.15, -0.1) is 5.10 Å². The van der Waals surface area contributed by atoms with E-state index in [-0.39, 0.29) is 37.2 Å². The van der Waals surface area contributed by atoms with Crippen LogP contribution < -0.4 is 16.0 Å². The van der Waals surface area contributed by atoms with Crippen LogP contribution in [-0.4, -0.2) is 163 Å². The van der Waals surface area contributed by atoms with Gasteiger partial charge in [-0.3, -0.25) is 14.4 Å². The maximum absolute atomic E-state index is 12.3. The number of aldehydes is 1. The molecule has 3 rings (SSSR count). The van der Waals surface area contributed by atoms with Gasteiger partial charge in [-0.25, -0.2) is 9.48 Å². The summed E-state index contributed by atoms with van der Waals surface area (Å²) in [6.07, 6.45) is 4.40. The number of aryl methyl sites for hydroxylation is 1. The van der Waals surface area contributed by atoms with Gasteiger partial charge in [0.15, 0.2) is 0 Å². The molecule has 330 valence electrons. The average molecular weight is 827 g/mol. The van der Waals surface area contributed by atoms with Gasteiger partial charge in [-0.05, 0) is 56.3 Å². The van der Waals surface area contributed by atoms with Crippen molar-refractivity contribution < 1.29 is 61.9 Å². The third-order valence-electron chi connectivity index (χ3n) is 9.78. The van der Waals surface area contributed by atoms with Crippen molar-refractivity contribution in [1.29, 1.82) is 0 Å². The number of hydrogen-bond donors (Lipinski definition) is 3. The Morgan fingerprint density at radius 3 is 1.88 bits per heavy atom. The normalized spacial score (nSPS) is 17.7. The maximum Gasteiger partial charge on any atom is 0.407 e. The first-order valence-electron chi connectivity index (χ1n) is 20.6. The summed E-state index contributed by atoms with van der Waals surface area (Å²) < 4.78 is 45.9. The zero-order valence-electron chi connectivity index (χ0n) is 34.6. The molecule has 1 saturated carbocycles. The molecule has 2 aliphatic rings. The van der Waals surface area contributed by atoms with Crippen LogP contribution in [0.4, 0.5) is 4.79 Å². The minimum absolute atomic E-state index is 0.0954. The number of ether oxygens (including phenoxy) is 8. The Bertz CT molecular complexity index is 1350. The Morgan fingerprint density at radius 2 is 1.29 bits per heavy atom. The summed E-state index contributed by atoms with van der Waals surface area (Å²) in [7, 11) is 0. The molecule has 0 bridgehead atoms. The van der Waals surface area contributed by atoms with Gasteiger partial charge in [-0.1, -0.05) is 19.1 Å². The Kier molecular flexibility index (Phi) is 24.9. The highest BCUT2D eigenvalue weighted by Gasteiger charge is 2.50. The van der Waals surface area contributed by atoms with Crippen LogP contribution in [0.15, 0.2) is 0 Å². The molecule has 2 aliphatic carbocycles. The quantitative estimate of drug-likeness (QED) is 0.0642. The molecule has 4 atom stereocenters. The second-order valence-corrected chi connectivity index (χ2v) is 14.5. The monoisotopic (exact) mass is 826 g/mol. The highest BCUT2D eigenvalue weighted by atomic mass is 16.6. The molecule has 19 heteroatoms. The highest BCUT2D eigenvalue weighted by Crippen LogP contribution is 2.52. The number of carbonyl (C=O) groups is 5. The molecule has 1 aromatic rings. The number of fused-ring (bicyclic) bond motifs is 2. The lowest BCUT2D eigenvalue weighted by molar-refractivity contribution is -0.131. The van der Waals surface area contributed by atoms with E-state index in [9.17, 15) is 24.0 Å². The van der Waals surface area contributed by atoms with Gasteiger partial charge in [0.05, 0.1) is 124 Å². The van der Waals surface area contributed by atoms with Crippen LogP contribution >= 0.6 is 0 Å². The van der Waals surface area contributed by atoms with Crippen LogP contribution in [0.2, 0.25) is 0 Å². The zero-order chi connectivity index (χ0) is 41.8. The zero-order valence-corrected chi connectivity index (χ0v) is 34.6. The number of carbonyl (C=O) groups excluding carboxylic acids is 5. The van der Waals surface area contributed by atoms with Gasteiger partial charge < -0.3 is 58.6 Å². The van der Waals surface area contributed by atoms with Crippen LogP contribution in [0.3, 0.4) is 0 Å². The van der Waals surface area contributed by atoms with E-state index in [4.69, 9.17) is 37.9 Å². The van der Waals surface area contributed by atoms with E-state index in [0.29, 0.717) is 136 Å². The number of amides is 3. The average Bonchev–Trinajstić information content (AvgIpc) is 3.71. The molecule has 1 aromatic heterocycles. The van der Waals surface area contributed by atoms with Gasteiger partial charge >= 0.3 is 6.09 Å². The first kappa shape index (κ1) is 48.8. The summed E-state index contributed by atoms with van der Waals surface area (Å²) in [6.45, 7) is 12.0. The fourth-order valence-electron chi connectivity index (χ4n) is 6.57. The molecule has 3 amide bonds. The van der Waals surface area contributed by atoms with Crippen LogP contribution in [-0.2, 0) is 76.5 Å². The van der Waals surface area contributed by atoms with Crippen molar-refractivity contribution in [2.45, 2.75) is 71.9 Å². The van der Waals surface area contributed by atoms with Gasteiger partial charge in [0.2, 0.25) is 11.8 Å². The largest absolute Gasteiger partial charge is 0.449 e. The van der Waals surface area contributed by atoms with E-state index in [1.807, 2.05) is 18.5 Å². The van der Waals surface area contributed by atoms with E-state index < -0.39 is 18.0 Å². The van der Waals surface area contributed by atoms with Crippen molar-refractivity contribution in [2.24, 2.45) is 23.7 Å². The number of alkyl carbamates (subject to hydrolysis) is 1. The topological polar surface area (TPSA) is 226 Å². The molecule has 0 spiro atoms. The molecule has 4 unspecified atom stereocenters. The number of aromatic nitrogens is 3. The molecule has 1 heterocycles. The lowest BCUT2D eigenvalue weighted by atomic mass is 10.0. The van der Waals surface area contributed by atoms with Gasteiger partial charge in [-0.2, -0.15) is 0 Å².